The average molecular weight is 304 g/mol. The maximum Gasteiger partial charge on any atom is 0.573 e. The average Bonchev–Trinajstić information content (AvgIpc) is 2.40. The van der Waals surface area contributed by atoms with Crippen molar-refractivity contribution in [1.82, 2.24) is 10.4 Å². The zero-order chi connectivity index (χ0) is 15.5. The van der Waals surface area contributed by atoms with Crippen molar-refractivity contribution in [2.24, 2.45) is 0 Å². The molecule has 2 N–H and O–H groups in total. The molecule has 0 spiro atoms. The van der Waals surface area contributed by atoms with Gasteiger partial charge in [0.25, 0.3) is 5.91 Å². The molecule has 5 nitrogen and oxygen atoms in total. The summed E-state index contributed by atoms with van der Waals surface area (Å²) < 4.78 is 39.8. The number of quaternary nitrogens is 1. The maximum atomic E-state index is 12.0. The van der Waals surface area contributed by atoms with E-state index in [1.807, 2.05) is 5.01 Å². The van der Waals surface area contributed by atoms with Crippen LogP contribution in [0.25, 0.3) is 0 Å². The maximum absolute atomic E-state index is 12.0. The fraction of sp³-hybridized carbons (Fsp3) is 0.462. The first-order valence-electron chi connectivity index (χ1n) is 6.56. The van der Waals surface area contributed by atoms with Gasteiger partial charge in [-0.2, -0.15) is 0 Å². The molecule has 1 aliphatic heterocycles. The van der Waals surface area contributed by atoms with Crippen LogP contribution in [0.15, 0.2) is 24.3 Å². The quantitative estimate of drug-likeness (QED) is 0.830. The third kappa shape index (κ3) is 4.91. The molecule has 0 aliphatic carbocycles. The number of amides is 1. The number of carbonyl (C=O) groups excluding carboxylic acids is 1. The van der Waals surface area contributed by atoms with Gasteiger partial charge in [0.15, 0.2) is 0 Å². The second-order valence-electron chi connectivity index (χ2n) is 4.96. The number of nitrogens with zero attached hydrogens (tertiary/aromatic N) is 1. The number of hydrogen-bond acceptors (Lipinski definition) is 3. The predicted molar refractivity (Wildman–Crippen MR) is 68.8 cm³/mol. The number of carbonyl (C=O) groups is 1. The second-order valence-corrected chi connectivity index (χ2v) is 4.96. The minimum atomic E-state index is -4.73. The van der Waals surface area contributed by atoms with Crippen molar-refractivity contribution in [2.75, 3.05) is 33.2 Å². The van der Waals surface area contributed by atoms with Gasteiger partial charge >= 0.3 is 6.36 Å². The molecule has 1 fully saturated rings. The Labute approximate surface area is 120 Å². The van der Waals surface area contributed by atoms with Gasteiger partial charge in [-0.1, -0.05) is 0 Å². The van der Waals surface area contributed by atoms with Gasteiger partial charge in [0.05, 0.1) is 33.2 Å². The van der Waals surface area contributed by atoms with Crippen LogP contribution in [0.4, 0.5) is 13.2 Å². The molecule has 0 bridgehead atoms. The van der Waals surface area contributed by atoms with Crippen LogP contribution in [-0.4, -0.2) is 50.5 Å². The highest BCUT2D eigenvalue weighted by Crippen LogP contribution is 2.22. The van der Waals surface area contributed by atoms with E-state index in [9.17, 15) is 18.0 Å². The lowest BCUT2D eigenvalue weighted by molar-refractivity contribution is -0.884. The van der Waals surface area contributed by atoms with Crippen molar-refractivity contribution >= 4 is 5.91 Å². The lowest BCUT2D eigenvalue weighted by Gasteiger charge is -2.30. The number of nitrogens with one attached hydrogen (secondary N) is 2. The Kier molecular flexibility index (Phi) is 4.69. The lowest BCUT2D eigenvalue weighted by Crippen LogP contribution is -3.12. The highest BCUT2D eigenvalue weighted by Gasteiger charge is 2.31. The smallest absolute Gasteiger partial charge is 0.406 e. The molecule has 0 unspecified atom stereocenters. The molecule has 1 heterocycles. The van der Waals surface area contributed by atoms with E-state index in [4.69, 9.17) is 0 Å². The molecule has 0 atom stereocenters. The van der Waals surface area contributed by atoms with E-state index in [1.165, 1.54) is 17.0 Å². The van der Waals surface area contributed by atoms with Gasteiger partial charge in [-0.15, -0.1) is 13.2 Å². The lowest BCUT2D eigenvalue weighted by atomic mass is 10.2. The fourth-order valence-corrected chi connectivity index (χ4v) is 2.02. The number of hydrazine groups is 1. The third-order valence-electron chi connectivity index (χ3n) is 3.23. The van der Waals surface area contributed by atoms with Crippen LogP contribution in [0.1, 0.15) is 10.4 Å². The first-order chi connectivity index (χ1) is 9.83. The summed E-state index contributed by atoms with van der Waals surface area (Å²) in [5.74, 6) is -0.685. The molecule has 1 saturated heterocycles. The minimum absolute atomic E-state index is 0.288. The summed E-state index contributed by atoms with van der Waals surface area (Å²) in [7, 11) is 2.08. The van der Waals surface area contributed by atoms with Crippen LogP contribution in [-0.2, 0) is 0 Å². The highest BCUT2D eigenvalue weighted by atomic mass is 19.4. The van der Waals surface area contributed by atoms with Crippen LogP contribution >= 0.6 is 0 Å². The van der Waals surface area contributed by atoms with Gasteiger partial charge in [0.2, 0.25) is 0 Å². The third-order valence-corrected chi connectivity index (χ3v) is 3.23. The molecule has 1 amide bonds. The van der Waals surface area contributed by atoms with Crippen LogP contribution in [0.2, 0.25) is 0 Å². The van der Waals surface area contributed by atoms with Gasteiger partial charge in [-0.05, 0) is 24.3 Å². The van der Waals surface area contributed by atoms with Crippen LogP contribution in [0.5, 0.6) is 5.75 Å². The van der Waals surface area contributed by atoms with Crippen molar-refractivity contribution in [3.8, 4) is 5.75 Å². The first kappa shape index (κ1) is 15.6. The fourth-order valence-electron chi connectivity index (χ4n) is 2.02. The summed E-state index contributed by atoms with van der Waals surface area (Å²) >= 11 is 0. The van der Waals surface area contributed by atoms with Crippen LogP contribution < -0.4 is 15.1 Å². The number of rotatable bonds is 3. The Bertz CT molecular complexity index is 482. The topological polar surface area (TPSA) is 46.0 Å². The number of alkyl halides is 3. The van der Waals surface area contributed by atoms with Crippen LogP contribution in [0, 0.1) is 0 Å². The van der Waals surface area contributed by atoms with Gasteiger partial charge < -0.3 is 9.64 Å². The molecule has 8 heteroatoms. The highest BCUT2D eigenvalue weighted by molar-refractivity contribution is 5.93. The normalized spacial score (nSPS) is 17.5. The second kappa shape index (κ2) is 6.31. The molecule has 1 aliphatic rings. The predicted octanol–water partition coefficient (Wildman–Crippen LogP) is 0.0603. The summed E-state index contributed by atoms with van der Waals surface area (Å²) in [4.78, 5) is 13.4. The van der Waals surface area contributed by atoms with Crippen molar-refractivity contribution < 1.29 is 27.6 Å². The van der Waals surface area contributed by atoms with Gasteiger partial charge in [-0.25, -0.2) is 5.01 Å². The minimum Gasteiger partial charge on any atom is -0.406 e. The van der Waals surface area contributed by atoms with E-state index in [2.05, 4.69) is 17.2 Å². The summed E-state index contributed by atoms with van der Waals surface area (Å²) in [6.07, 6.45) is -4.73. The van der Waals surface area contributed by atoms with E-state index in [-0.39, 0.29) is 17.2 Å². The summed E-state index contributed by atoms with van der Waals surface area (Å²) in [6, 6.07) is 4.85. The number of hydrogen-bond donors (Lipinski definition) is 2. The number of piperazine rings is 1. The van der Waals surface area contributed by atoms with Crippen molar-refractivity contribution in [2.45, 2.75) is 6.36 Å². The van der Waals surface area contributed by atoms with Gasteiger partial charge in [0.1, 0.15) is 5.75 Å². The van der Waals surface area contributed by atoms with E-state index >= 15 is 0 Å². The molecule has 1 aromatic carbocycles. The van der Waals surface area contributed by atoms with Crippen molar-refractivity contribution in [3.63, 3.8) is 0 Å². The molecular weight excluding hydrogens is 287 g/mol. The molecule has 0 aromatic heterocycles. The Hall–Kier alpha value is -1.80. The van der Waals surface area contributed by atoms with Gasteiger partial charge in [-0.3, -0.25) is 10.2 Å². The molecule has 21 heavy (non-hydrogen) atoms. The Morgan fingerprint density at radius 2 is 1.81 bits per heavy atom. The Morgan fingerprint density at radius 1 is 1.24 bits per heavy atom. The Morgan fingerprint density at radius 3 is 2.33 bits per heavy atom. The van der Waals surface area contributed by atoms with Crippen LogP contribution in [0.3, 0.4) is 0 Å². The monoisotopic (exact) mass is 304 g/mol. The zero-order valence-corrected chi connectivity index (χ0v) is 11.5. The number of benzene rings is 1. The number of likely N-dealkylation sites (N-methyl/N-ethyl adjacent to an activating group) is 1. The SMILES string of the molecule is C[NH+]1CCN(NC(=O)c2ccc(OC(F)(F)F)cc2)CC1. The number of ether oxygens (including phenoxy) is 1. The molecule has 1 aromatic rings. The summed E-state index contributed by atoms with van der Waals surface area (Å²) in [5, 5.41) is 1.81. The number of halogens is 3. The van der Waals surface area contributed by atoms with Crippen molar-refractivity contribution in [3.05, 3.63) is 29.8 Å². The molecule has 2 rings (SSSR count). The summed E-state index contributed by atoms with van der Waals surface area (Å²) in [6.45, 7) is 3.34. The van der Waals surface area contributed by atoms with E-state index in [1.54, 1.807) is 0 Å². The largest absolute Gasteiger partial charge is 0.573 e. The first-order valence-corrected chi connectivity index (χ1v) is 6.56. The van der Waals surface area contributed by atoms with E-state index in [0.29, 0.717) is 0 Å². The molecule has 0 radical (unpaired) electrons. The Balaban J connectivity index is 1.91. The van der Waals surface area contributed by atoms with E-state index in [0.717, 1.165) is 38.3 Å². The molecule has 0 saturated carbocycles. The van der Waals surface area contributed by atoms with Crippen molar-refractivity contribution in [1.29, 1.82) is 0 Å². The van der Waals surface area contributed by atoms with Gasteiger partial charge in [0, 0.05) is 5.56 Å². The molecule has 116 valence electrons. The van der Waals surface area contributed by atoms with E-state index < -0.39 is 6.36 Å². The summed E-state index contributed by atoms with van der Waals surface area (Å²) in [5.41, 5.74) is 3.03. The zero-order valence-electron chi connectivity index (χ0n) is 11.5. The standard InChI is InChI=1S/C13H16F3N3O2/c1-18-6-8-19(9-7-18)17-12(20)10-2-4-11(5-3-10)21-13(14,15)16/h2-5H,6-9H2,1H3,(H,17,20)/p+1. The molecular formula is C13H17F3N3O2+.